The van der Waals surface area contributed by atoms with Crippen LogP contribution in [0.3, 0.4) is 0 Å². The van der Waals surface area contributed by atoms with Crippen molar-refractivity contribution in [1.29, 1.82) is 0 Å². The first kappa shape index (κ1) is 13.8. The lowest BCUT2D eigenvalue weighted by Gasteiger charge is -2.27. The van der Waals surface area contributed by atoms with Crippen molar-refractivity contribution in [2.45, 2.75) is 49.3 Å². The quantitative estimate of drug-likeness (QED) is 0.894. The van der Waals surface area contributed by atoms with Gasteiger partial charge in [-0.15, -0.1) is 11.3 Å². The van der Waals surface area contributed by atoms with Crippen LogP contribution in [0.5, 0.6) is 0 Å². The third kappa shape index (κ3) is 3.24. The molecular formula is C12H20N2O2S2. The standard InChI is InChI=1S/C12H20N2O2S2/c1-2-9-3-5-11(6-4-9)14-18(15,16)12-7-10(13)8-17-12/h7-9,11,14H,2-6,13H2,1H3. The average Bonchev–Trinajstić information content (AvgIpc) is 2.77. The van der Waals surface area contributed by atoms with Gasteiger partial charge in [0.25, 0.3) is 0 Å². The smallest absolute Gasteiger partial charge is 0.250 e. The van der Waals surface area contributed by atoms with E-state index in [0.717, 1.165) is 31.6 Å². The number of hydrogen-bond acceptors (Lipinski definition) is 4. The number of nitrogens with one attached hydrogen (secondary N) is 1. The number of nitrogen functional groups attached to an aromatic ring is 1. The van der Waals surface area contributed by atoms with Gasteiger partial charge < -0.3 is 5.73 Å². The van der Waals surface area contributed by atoms with E-state index >= 15 is 0 Å². The van der Waals surface area contributed by atoms with Crippen LogP contribution >= 0.6 is 11.3 Å². The van der Waals surface area contributed by atoms with Gasteiger partial charge in [0, 0.05) is 17.1 Å². The topological polar surface area (TPSA) is 72.2 Å². The number of thiophene rings is 1. The van der Waals surface area contributed by atoms with Gasteiger partial charge in [-0.2, -0.15) is 0 Å². The van der Waals surface area contributed by atoms with E-state index < -0.39 is 10.0 Å². The lowest BCUT2D eigenvalue weighted by atomic mass is 9.85. The Morgan fingerprint density at radius 3 is 2.56 bits per heavy atom. The molecule has 4 nitrogen and oxygen atoms in total. The van der Waals surface area contributed by atoms with Crippen molar-refractivity contribution in [3.63, 3.8) is 0 Å². The first-order valence-electron chi connectivity index (χ1n) is 6.37. The van der Waals surface area contributed by atoms with Crippen LogP contribution in [0, 0.1) is 5.92 Å². The summed E-state index contributed by atoms with van der Waals surface area (Å²) in [7, 11) is -3.37. The fraction of sp³-hybridized carbons (Fsp3) is 0.667. The Balaban J connectivity index is 1.97. The molecule has 1 heterocycles. The fourth-order valence-corrected chi connectivity index (χ4v) is 4.84. The summed E-state index contributed by atoms with van der Waals surface area (Å²) < 4.78 is 27.3. The highest BCUT2D eigenvalue weighted by atomic mass is 32.2. The molecule has 1 aliphatic rings. The van der Waals surface area contributed by atoms with E-state index in [1.54, 1.807) is 5.38 Å². The number of hydrogen-bond donors (Lipinski definition) is 2. The second-order valence-electron chi connectivity index (χ2n) is 4.95. The normalized spacial score (nSPS) is 25.2. The van der Waals surface area contributed by atoms with Crippen molar-refractivity contribution >= 4 is 27.0 Å². The Morgan fingerprint density at radius 2 is 2.06 bits per heavy atom. The predicted octanol–water partition coefficient (Wildman–Crippen LogP) is 2.58. The van der Waals surface area contributed by atoms with Gasteiger partial charge in [0.05, 0.1) is 0 Å². The number of anilines is 1. The minimum atomic E-state index is -3.37. The molecule has 18 heavy (non-hydrogen) atoms. The van der Waals surface area contributed by atoms with Gasteiger partial charge in [0.15, 0.2) is 0 Å². The van der Waals surface area contributed by atoms with Crippen molar-refractivity contribution in [2.24, 2.45) is 5.92 Å². The molecule has 0 amide bonds. The maximum Gasteiger partial charge on any atom is 0.250 e. The molecule has 2 rings (SSSR count). The molecule has 0 unspecified atom stereocenters. The van der Waals surface area contributed by atoms with E-state index in [9.17, 15) is 8.42 Å². The Bertz CT molecular complexity index is 488. The maximum absolute atomic E-state index is 12.1. The van der Waals surface area contributed by atoms with E-state index in [-0.39, 0.29) is 6.04 Å². The molecule has 6 heteroatoms. The van der Waals surface area contributed by atoms with Crippen molar-refractivity contribution < 1.29 is 8.42 Å². The van der Waals surface area contributed by atoms with Gasteiger partial charge in [-0.1, -0.05) is 13.3 Å². The SMILES string of the molecule is CCC1CCC(NS(=O)(=O)c2cc(N)cs2)CC1. The van der Waals surface area contributed by atoms with Gasteiger partial charge in [-0.05, 0) is 37.7 Å². The second kappa shape index (κ2) is 5.59. The molecule has 1 saturated carbocycles. The molecule has 3 N–H and O–H groups in total. The average molecular weight is 288 g/mol. The number of rotatable bonds is 4. The molecule has 0 bridgehead atoms. The summed E-state index contributed by atoms with van der Waals surface area (Å²) in [4.78, 5) is 0. The van der Waals surface area contributed by atoms with Gasteiger partial charge in [-0.3, -0.25) is 0 Å². The summed E-state index contributed by atoms with van der Waals surface area (Å²) in [6, 6.07) is 1.60. The monoisotopic (exact) mass is 288 g/mol. The van der Waals surface area contributed by atoms with Gasteiger partial charge >= 0.3 is 0 Å². The molecule has 0 spiro atoms. The Kier molecular flexibility index (Phi) is 4.29. The zero-order valence-electron chi connectivity index (χ0n) is 10.6. The summed E-state index contributed by atoms with van der Waals surface area (Å²) in [6.07, 6.45) is 5.32. The van der Waals surface area contributed by atoms with E-state index in [4.69, 9.17) is 5.73 Å². The molecule has 0 atom stereocenters. The highest BCUT2D eigenvalue weighted by Gasteiger charge is 2.25. The summed E-state index contributed by atoms with van der Waals surface area (Å²) in [6.45, 7) is 2.20. The molecule has 0 aliphatic heterocycles. The second-order valence-corrected chi connectivity index (χ2v) is 7.80. The Labute approximate surface area is 113 Å². The molecule has 0 aromatic carbocycles. The van der Waals surface area contributed by atoms with Crippen LogP contribution in [0.2, 0.25) is 0 Å². The van der Waals surface area contributed by atoms with Crippen LogP contribution in [0.1, 0.15) is 39.0 Å². The first-order chi connectivity index (χ1) is 8.51. The van der Waals surface area contributed by atoms with Crippen LogP contribution in [-0.2, 0) is 10.0 Å². The van der Waals surface area contributed by atoms with Crippen LogP contribution < -0.4 is 10.5 Å². The van der Waals surface area contributed by atoms with Gasteiger partial charge in [0.2, 0.25) is 10.0 Å². The zero-order valence-corrected chi connectivity index (χ0v) is 12.2. The number of sulfonamides is 1. The summed E-state index contributed by atoms with van der Waals surface area (Å²) in [5.74, 6) is 0.767. The van der Waals surface area contributed by atoms with E-state index in [1.807, 2.05) is 0 Å². The highest BCUT2D eigenvalue weighted by molar-refractivity contribution is 7.91. The van der Waals surface area contributed by atoms with E-state index in [2.05, 4.69) is 11.6 Å². The van der Waals surface area contributed by atoms with Gasteiger partial charge in [0.1, 0.15) is 4.21 Å². The van der Waals surface area contributed by atoms with Gasteiger partial charge in [-0.25, -0.2) is 13.1 Å². The zero-order chi connectivity index (χ0) is 13.2. The third-order valence-corrected chi connectivity index (χ3v) is 6.58. The lowest BCUT2D eigenvalue weighted by Crippen LogP contribution is -2.37. The lowest BCUT2D eigenvalue weighted by molar-refractivity contribution is 0.306. The maximum atomic E-state index is 12.1. The molecule has 0 saturated heterocycles. The Hall–Kier alpha value is -0.590. The first-order valence-corrected chi connectivity index (χ1v) is 8.74. The summed E-state index contributed by atoms with van der Waals surface area (Å²) in [5, 5.41) is 1.66. The molecule has 0 radical (unpaired) electrons. The van der Waals surface area contributed by atoms with Crippen molar-refractivity contribution in [3.8, 4) is 0 Å². The Morgan fingerprint density at radius 1 is 1.39 bits per heavy atom. The minimum absolute atomic E-state index is 0.0844. The van der Waals surface area contributed by atoms with Crippen LogP contribution in [-0.4, -0.2) is 14.5 Å². The third-order valence-electron chi connectivity index (χ3n) is 3.61. The molecule has 1 fully saturated rings. The van der Waals surface area contributed by atoms with Crippen LogP contribution in [0.25, 0.3) is 0 Å². The molecule has 1 aromatic heterocycles. The van der Waals surface area contributed by atoms with E-state index in [0.29, 0.717) is 9.90 Å². The largest absolute Gasteiger partial charge is 0.398 e. The van der Waals surface area contributed by atoms with E-state index in [1.165, 1.54) is 23.8 Å². The molecule has 1 aromatic rings. The molecular weight excluding hydrogens is 268 g/mol. The van der Waals surface area contributed by atoms with Crippen molar-refractivity contribution in [1.82, 2.24) is 4.72 Å². The van der Waals surface area contributed by atoms with Crippen LogP contribution in [0.4, 0.5) is 5.69 Å². The fourth-order valence-electron chi connectivity index (χ4n) is 2.44. The van der Waals surface area contributed by atoms with Crippen molar-refractivity contribution in [3.05, 3.63) is 11.4 Å². The predicted molar refractivity (Wildman–Crippen MR) is 75.1 cm³/mol. The molecule has 102 valence electrons. The minimum Gasteiger partial charge on any atom is -0.398 e. The number of nitrogens with two attached hydrogens (primary N) is 1. The van der Waals surface area contributed by atoms with Crippen molar-refractivity contribution in [2.75, 3.05) is 5.73 Å². The summed E-state index contributed by atoms with van der Waals surface area (Å²) >= 11 is 1.17. The highest BCUT2D eigenvalue weighted by Crippen LogP contribution is 2.28. The van der Waals surface area contributed by atoms with Crippen LogP contribution in [0.15, 0.2) is 15.7 Å². The molecule has 1 aliphatic carbocycles. The summed E-state index contributed by atoms with van der Waals surface area (Å²) in [5.41, 5.74) is 6.07.